The van der Waals surface area contributed by atoms with Crippen molar-refractivity contribution >= 4 is 27.5 Å². The first-order valence-corrected chi connectivity index (χ1v) is 7.77. The van der Waals surface area contributed by atoms with Crippen LogP contribution in [0.3, 0.4) is 0 Å². The van der Waals surface area contributed by atoms with Crippen LogP contribution in [-0.2, 0) is 6.54 Å². The molecule has 0 fully saturated rings. The van der Waals surface area contributed by atoms with Crippen LogP contribution >= 0.6 is 27.5 Å². The molecule has 112 valence electrons. The van der Waals surface area contributed by atoms with Gasteiger partial charge in [-0.05, 0) is 48.5 Å². The smallest absolute Gasteiger partial charge is 0.125 e. The van der Waals surface area contributed by atoms with Gasteiger partial charge in [-0.3, -0.25) is 4.90 Å². The summed E-state index contributed by atoms with van der Waals surface area (Å²) in [5.41, 5.74) is 7.82. The molecule has 2 rings (SSSR count). The highest BCUT2D eigenvalue weighted by molar-refractivity contribution is 9.10. The second-order valence-electron chi connectivity index (χ2n) is 5.00. The molecular formula is C16H17BrClFN2. The summed E-state index contributed by atoms with van der Waals surface area (Å²) in [4.78, 5) is 2.09. The fourth-order valence-corrected chi connectivity index (χ4v) is 3.05. The highest BCUT2D eigenvalue weighted by Gasteiger charge is 2.17. The zero-order valence-electron chi connectivity index (χ0n) is 11.7. The van der Waals surface area contributed by atoms with Gasteiger partial charge in [-0.15, -0.1) is 0 Å². The second-order valence-corrected chi connectivity index (χ2v) is 6.35. The first kappa shape index (κ1) is 16.4. The molecule has 0 spiro atoms. The van der Waals surface area contributed by atoms with E-state index in [2.05, 4.69) is 26.9 Å². The molecule has 0 aliphatic heterocycles. The van der Waals surface area contributed by atoms with Gasteiger partial charge in [0.15, 0.2) is 0 Å². The number of halogens is 3. The number of rotatable bonds is 5. The maximum absolute atomic E-state index is 13.5. The van der Waals surface area contributed by atoms with Gasteiger partial charge >= 0.3 is 0 Å². The Morgan fingerprint density at radius 2 is 2.05 bits per heavy atom. The lowest BCUT2D eigenvalue weighted by Gasteiger charge is -2.27. The lowest BCUT2D eigenvalue weighted by Crippen LogP contribution is -2.30. The van der Waals surface area contributed by atoms with Crippen LogP contribution < -0.4 is 5.73 Å². The Balaban J connectivity index is 2.20. The summed E-state index contributed by atoms with van der Waals surface area (Å²) in [6, 6.07) is 12.5. The highest BCUT2D eigenvalue weighted by atomic mass is 79.9. The van der Waals surface area contributed by atoms with Gasteiger partial charge in [-0.25, -0.2) is 4.39 Å². The van der Waals surface area contributed by atoms with Gasteiger partial charge in [0.05, 0.1) is 0 Å². The third-order valence-corrected chi connectivity index (χ3v) is 4.06. The van der Waals surface area contributed by atoms with Gasteiger partial charge in [-0.1, -0.05) is 39.7 Å². The molecule has 0 heterocycles. The Bertz CT molecular complexity index is 601. The fourth-order valence-electron chi connectivity index (χ4n) is 2.37. The summed E-state index contributed by atoms with van der Waals surface area (Å²) in [6.45, 7) is 1.11. The van der Waals surface area contributed by atoms with Crippen molar-refractivity contribution in [3.63, 3.8) is 0 Å². The number of hydrogen-bond acceptors (Lipinski definition) is 2. The maximum Gasteiger partial charge on any atom is 0.125 e. The average Bonchev–Trinajstić information content (AvgIpc) is 2.38. The molecule has 21 heavy (non-hydrogen) atoms. The Labute approximate surface area is 137 Å². The van der Waals surface area contributed by atoms with Crippen LogP contribution in [0.2, 0.25) is 5.02 Å². The van der Waals surface area contributed by atoms with E-state index in [-0.39, 0.29) is 11.9 Å². The molecular weight excluding hydrogens is 355 g/mol. The number of nitrogens with zero attached hydrogens (tertiary/aromatic N) is 1. The quantitative estimate of drug-likeness (QED) is 0.845. The van der Waals surface area contributed by atoms with Crippen molar-refractivity contribution in [1.29, 1.82) is 0 Å². The molecule has 0 amide bonds. The van der Waals surface area contributed by atoms with Crippen molar-refractivity contribution in [2.24, 2.45) is 5.73 Å². The van der Waals surface area contributed by atoms with Crippen LogP contribution in [0.4, 0.5) is 4.39 Å². The lowest BCUT2D eigenvalue weighted by molar-refractivity contribution is 0.241. The zero-order chi connectivity index (χ0) is 15.4. The van der Waals surface area contributed by atoms with Gasteiger partial charge in [0.2, 0.25) is 0 Å². The fraction of sp³-hybridized carbons (Fsp3) is 0.250. The number of likely N-dealkylation sites (N-methyl/N-ethyl adjacent to an activating group) is 1. The number of nitrogens with two attached hydrogens (primary N) is 1. The van der Waals surface area contributed by atoms with E-state index < -0.39 is 0 Å². The van der Waals surface area contributed by atoms with Crippen molar-refractivity contribution in [2.45, 2.75) is 12.6 Å². The van der Waals surface area contributed by atoms with Gasteiger partial charge in [0, 0.05) is 28.6 Å². The summed E-state index contributed by atoms with van der Waals surface area (Å²) in [6.07, 6.45) is 0. The van der Waals surface area contributed by atoms with E-state index in [1.807, 2.05) is 25.2 Å². The average molecular weight is 372 g/mol. The van der Waals surface area contributed by atoms with Crippen LogP contribution in [0.25, 0.3) is 0 Å². The van der Waals surface area contributed by atoms with E-state index >= 15 is 0 Å². The van der Waals surface area contributed by atoms with E-state index in [4.69, 9.17) is 17.3 Å². The van der Waals surface area contributed by atoms with Gasteiger partial charge in [0.25, 0.3) is 0 Å². The minimum Gasteiger partial charge on any atom is -0.329 e. The topological polar surface area (TPSA) is 29.3 Å². The molecule has 0 bridgehead atoms. The first-order valence-electron chi connectivity index (χ1n) is 6.60. The van der Waals surface area contributed by atoms with Crippen LogP contribution in [0.15, 0.2) is 46.9 Å². The third-order valence-electron chi connectivity index (χ3n) is 3.35. The van der Waals surface area contributed by atoms with E-state index in [9.17, 15) is 4.39 Å². The summed E-state index contributed by atoms with van der Waals surface area (Å²) < 4.78 is 14.6. The van der Waals surface area contributed by atoms with Gasteiger partial charge < -0.3 is 5.73 Å². The third kappa shape index (κ3) is 4.51. The summed E-state index contributed by atoms with van der Waals surface area (Å²) >= 11 is 9.39. The number of benzene rings is 2. The first-order chi connectivity index (χ1) is 9.99. The molecule has 2 aromatic rings. The van der Waals surface area contributed by atoms with Crippen LogP contribution in [0, 0.1) is 5.82 Å². The predicted molar refractivity (Wildman–Crippen MR) is 88.8 cm³/mol. The SMILES string of the molecule is CN(Cc1cccc(Br)c1)C(CN)c1cc(F)cc(Cl)c1. The van der Waals surface area contributed by atoms with Crippen molar-refractivity contribution in [3.8, 4) is 0 Å². The molecule has 1 unspecified atom stereocenters. The Kier molecular flexibility index (Phi) is 5.76. The van der Waals surface area contributed by atoms with Gasteiger partial charge in [0.1, 0.15) is 5.82 Å². The summed E-state index contributed by atoms with van der Waals surface area (Å²) in [5, 5.41) is 0.388. The molecule has 2 N–H and O–H groups in total. The Morgan fingerprint density at radius 1 is 1.29 bits per heavy atom. The Hall–Kier alpha value is -0.940. The monoisotopic (exact) mass is 370 g/mol. The molecule has 0 aliphatic carbocycles. The van der Waals surface area contributed by atoms with Crippen molar-refractivity contribution in [3.05, 3.63) is 68.9 Å². The lowest BCUT2D eigenvalue weighted by atomic mass is 10.0. The van der Waals surface area contributed by atoms with Gasteiger partial charge in [-0.2, -0.15) is 0 Å². The second kappa shape index (κ2) is 7.36. The van der Waals surface area contributed by atoms with Crippen LogP contribution in [0.5, 0.6) is 0 Å². The summed E-state index contributed by atoms with van der Waals surface area (Å²) in [7, 11) is 1.97. The van der Waals surface area contributed by atoms with Crippen LogP contribution in [-0.4, -0.2) is 18.5 Å². The molecule has 2 aromatic carbocycles. The minimum absolute atomic E-state index is 0.0859. The Morgan fingerprint density at radius 3 is 2.67 bits per heavy atom. The van der Waals surface area contributed by atoms with Crippen molar-refractivity contribution < 1.29 is 4.39 Å². The molecule has 0 aromatic heterocycles. The van der Waals surface area contributed by atoms with Crippen molar-refractivity contribution in [1.82, 2.24) is 4.90 Å². The standard InChI is InChI=1S/C16H17BrClFN2/c1-21(10-11-3-2-4-13(17)5-11)16(9-20)12-6-14(18)8-15(19)7-12/h2-8,16H,9-10,20H2,1H3. The van der Waals surface area contributed by atoms with E-state index in [1.165, 1.54) is 12.1 Å². The zero-order valence-corrected chi connectivity index (χ0v) is 14.0. The molecule has 0 aliphatic rings. The molecule has 0 saturated heterocycles. The van der Waals surface area contributed by atoms with E-state index in [1.54, 1.807) is 6.07 Å². The highest BCUT2D eigenvalue weighted by Crippen LogP contribution is 2.25. The molecule has 5 heteroatoms. The molecule has 2 nitrogen and oxygen atoms in total. The summed E-state index contributed by atoms with van der Waals surface area (Å²) in [5.74, 6) is -0.341. The number of hydrogen-bond donors (Lipinski definition) is 1. The largest absolute Gasteiger partial charge is 0.329 e. The predicted octanol–water partition coefficient (Wildman–Crippen LogP) is 4.37. The molecule has 0 radical (unpaired) electrons. The normalized spacial score (nSPS) is 12.7. The maximum atomic E-state index is 13.5. The molecule has 1 atom stereocenters. The minimum atomic E-state index is -0.341. The van der Waals surface area contributed by atoms with Crippen molar-refractivity contribution in [2.75, 3.05) is 13.6 Å². The molecule has 0 saturated carbocycles. The van der Waals surface area contributed by atoms with Crippen LogP contribution in [0.1, 0.15) is 17.2 Å². The van der Waals surface area contributed by atoms with E-state index in [0.717, 1.165) is 22.1 Å². The van der Waals surface area contributed by atoms with E-state index in [0.29, 0.717) is 11.6 Å².